The Balaban J connectivity index is 1.70. The number of ketones is 1. The Morgan fingerprint density at radius 3 is 2.66 bits per heavy atom. The molecule has 2 aromatic rings. The Bertz CT molecular complexity index is 1100. The van der Waals surface area contributed by atoms with Crippen molar-refractivity contribution < 1.29 is 9.53 Å². The lowest BCUT2D eigenvalue weighted by atomic mass is 9.67. The van der Waals surface area contributed by atoms with Gasteiger partial charge >= 0.3 is 0 Å². The normalized spacial score (nSPS) is 20.6. The van der Waals surface area contributed by atoms with Crippen molar-refractivity contribution in [2.45, 2.75) is 45.3 Å². The van der Waals surface area contributed by atoms with E-state index in [4.69, 9.17) is 4.74 Å². The Hall–Kier alpha value is -2.26. The molecule has 1 unspecified atom stereocenters. The first-order valence-corrected chi connectivity index (χ1v) is 11.3. The summed E-state index contributed by atoms with van der Waals surface area (Å²) in [6.07, 6.45) is 5.56. The van der Waals surface area contributed by atoms with E-state index in [2.05, 4.69) is 50.3 Å². The zero-order chi connectivity index (χ0) is 20.3. The second-order valence-electron chi connectivity index (χ2n) is 8.28. The minimum atomic E-state index is 0.0400. The van der Waals surface area contributed by atoms with Crippen molar-refractivity contribution in [3.8, 4) is 5.75 Å². The third-order valence-corrected chi connectivity index (χ3v) is 8.46. The van der Waals surface area contributed by atoms with Crippen molar-refractivity contribution in [1.29, 1.82) is 0 Å². The molecule has 2 aliphatic carbocycles. The zero-order valence-corrected chi connectivity index (χ0v) is 18.3. The van der Waals surface area contributed by atoms with Crippen molar-refractivity contribution in [1.82, 2.24) is 0 Å². The number of allylic oxidation sites excluding steroid dienone is 2. The van der Waals surface area contributed by atoms with Crippen LogP contribution in [-0.2, 0) is 6.42 Å². The first-order chi connectivity index (χ1) is 14.0. The van der Waals surface area contributed by atoms with E-state index in [0.29, 0.717) is 5.25 Å². The Kier molecular flexibility index (Phi) is 4.29. The summed E-state index contributed by atoms with van der Waals surface area (Å²) in [5, 5.41) is 0.362. The lowest BCUT2D eigenvalue weighted by molar-refractivity contribution is 0.101. The van der Waals surface area contributed by atoms with E-state index in [0.717, 1.165) is 30.6 Å². The van der Waals surface area contributed by atoms with Crippen LogP contribution < -0.4 is 4.74 Å². The molecule has 0 saturated carbocycles. The van der Waals surface area contributed by atoms with Gasteiger partial charge in [0.2, 0.25) is 0 Å². The molecule has 0 fully saturated rings. The summed E-state index contributed by atoms with van der Waals surface area (Å²) in [6.45, 7) is 6.29. The number of fused-ring (bicyclic) bond motifs is 5. The summed E-state index contributed by atoms with van der Waals surface area (Å²) in [6, 6.07) is 12.8. The van der Waals surface area contributed by atoms with Crippen LogP contribution in [0.5, 0.6) is 5.75 Å². The van der Waals surface area contributed by atoms with Gasteiger partial charge in [0.05, 0.1) is 12.4 Å². The summed E-state index contributed by atoms with van der Waals surface area (Å²) in [5.74, 6) is 1.06. The molecule has 3 aliphatic rings. The summed E-state index contributed by atoms with van der Waals surface area (Å²) < 4.78 is 5.55. The first kappa shape index (κ1) is 18.7. The van der Waals surface area contributed by atoms with Crippen molar-refractivity contribution in [3.05, 3.63) is 74.7 Å². The van der Waals surface area contributed by atoms with E-state index in [1.165, 1.54) is 38.3 Å². The average Bonchev–Trinajstić information content (AvgIpc) is 3.29. The monoisotopic (exact) mass is 402 g/mol. The second-order valence-corrected chi connectivity index (χ2v) is 9.48. The number of benzene rings is 2. The van der Waals surface area contributed by atoms with Crippen LogP contribution in [0.1, 0.15) is 71.5 Å². The fourth-order valence-electron chi connectivity index (χ4n) is 5.49. The topological polar surface area (TPSA) is 26.3 Å². The molecule has 0 bridgehead atoms. The molecule has 2 nitrogen and oxygen atoms in total. The van der Waals surface area contributed by atoms with Gasteiger partial charge in [-0.2, -0.15) is 0 Å². The number of Topliss-reactive ketones (excluding diaryl/α,β-unsaturated/α-hetero) is 1. The maximum atomic E-state index is 11.9. The fraction of sp³-hybridized carbons (Fsp3) is 0.346. The molecule has 5 rings (SSSR count). The maximum absolute atomic E-state index is 11.9. The number of ether oxygens (including phenoxy) is 1. The predicted octanol–water partition coefficient (Wildman–Crippen LogP) is 6.86. The SMILES string of the molecule is CCC1(CC)C2=Cc3cc(C(C)=O)ccc3C2SC2=C1c1cc(OC)ccc1C2. The molecular weight excluding hydrogens is 376 g/mol. The summed E-state index contributed by atoms with van der Waals surface area (Å²) in [7, 11) is 1.74. The number of carbonyl (C=O) groups excluding carboxylic acids is 1. The minimum absolute atomic E-state index is 0.0400. The van der Waals surface area contributed by atoms with E-state index in [1.54, 1.807) is 14.0 Å². The number of hydrogen-bond donors (Lipinski definition) is 0. The lowest BCUT2D eigenvalue weighted by Gasteiger charge is -2.43. The van der Waals surface area contributed by atoms with Gasteiger partial charge in [0.1, 0.15) is 5.75 Å². The number of hydrogen-bond acceptors (Lipinski definition) is 3. The molecule has 1 atom stereocenters. The first-order valence-electron chi connectivity index (χ1n) is 10.5. The molecule has 0 saturated heterocycles. The van der Waals surface area contributed by atoms with Crippen molar-refractivity contribution in [2.24, 2.45) is 5.41 Å². The van der Waals surface area contributed by atoms with Gasteiger partial charge in [0.15, 0.2) is 5.78 Å². The number of rotatable bonds is 4. The van der Waals surface area contributed by atoms with Crippen LogP contribution in [0.25, 0.3) is 11.6 Å². The van der Waals surface area contributed by atoms with Gasteiger partial charge in [-0.3, -0.25) is 4.79 Å². The van der Waals surface area contributed by atoms with Crippen LogP contribution >= 0.6 is 11.8 Å². The summed E-state index contributed by atoms with van der Waals surface area (Å²) in [4.78, 5) is 13.4. The van der Waals surface area contributed by atoms with Crippen LogP contribution in [0.4, 0.5) is 0 Å². The highest BCUT2D eigenvalue weighted by Gasteiger charge is 2.49. The van der Waals surface area contributed by atoms with Gasteiger partial charge in [-0.05, 0) is 76.3 Å². The standard InChI is InChI=1S/C26H26O2S/c1-5-26(6-2)22-12-18-11-16(15(3)27)8-10-20(18)25(22)29-23-13-17-7-9-19(28-4)14-21(17)24(23)26/h7-12,14,25H,5-6,13H2,1-4H3. The van der Waals surface area contributed by atoms with Crippen LogP contribution in [-0.4, -0.2) is 12.9 Å². The minimum Gasteiger partial charge on any atom is -0.497 e. The molecule has 0 spiro atoms. The van der Waals surface area contributed by atoms with Gasteiger partial charge in [-0.25, -0.2) is 0 Å². The van der Waals surface area contributed by atoms with Crippen LogP contribution in [0.2, 0.25) is 0 Å². The van der Waals surface area contributed by atoms with Gasteiger partial charge in [-0.1, -0.05) is 38.1 Å². The van der Waals surface area contributed by atoms with Gasteiger partial charge in [0.25, 0.3) is 0 Å². The molecule has 0 N–H and O–H groups in total. The van der Waals surface area contributed by atoms with Crippen LogP contribution in [0.15, 0.2) is 46.9 Å². The molecule has 1 aliphatic heterocycles. The van der Waals surface area contributed by atoms with Crippen LogP contribution in [0.3, 0.4) is 0 Å². The Morgan fingerprint density at radius 2 is 1.97 bits per heavy atom. The molecule has 2 aromatic carbocycles. The molecule has 3 heteroatoms. The summed E-state index contributed by atoms with van der Waals surface area (Å²) >= 11 is 2.02. The molecular formula is C26H26O2S. The number of methoxy groups -OCH3 is 1. The Labute approximate surface area is 177 Å². The van der Waals surface area contributed by atoms with Gasteiger partial charge < -0.3 is 4.74 Å². The third kappa shape index (κ3) is 2.53. The van der Waals surface area contributed by atoms with Gasteiger partial charge in [-0.15, -0.1) is 11.8 Å². The van der Waals surface area contributed by atoms with E-state index in [1.807, 2.05) is 17.8 Å². The molecule has 0 radical (unpaired) electrons. The predicted molar refractivity (Wildman–Crippen MR) is 121 cm³/mol. The highest BCUT2D eigenvalue weighted by atomic mass is 32.2. The smallest absolute Gasteiger partial charge is 0.159 e. The molecule has 1 heterocycles. The van der Waals surface area contributed by atoms with Crippen LogP contribution in [0, 0.1) is 5.41 Å². The fourth-order valence-corrected chi connectivity index (χ4v) is 7.20. The van der Waals surface area contributed by atoms with Crippen molar-refractivity contribution in [3.63, 3.8) is 0 Å². The largest absolute Gasteiger partial charge is 0.497 e. The third-order valence-electron chi connectivity index (χ3n) is 7.08. The highest BCUT2D eigenvalue weighted by molar-refractivity contribution is 8.03. The molecule has 0 aromatic heterocycles. The van der Waals surface area contributed by atoms with E-state index < -0.39 is 0 Å². The second kappa shape index (κ2) is 6.63. The number of carbonyl (C=O) groups is 1. The zero-order valence-electron chi connectivity index (χ0n) is 17.5. The van der Waals surface area contributed by atoms with Crippen molar-refractivity contribution >= 4 is 29.2 Å². The molecule has 29 heavy (non-hydrogen) atoms. The molecule has 0 amide bonds. The average molecular weight is 403 g/mol. The summed E-state index contributed by atoms with van der Waals surface area (Å²) in [5.41, 5.74) is 9.25. The van der Waals surface area contributed by atoms with Crippen molar-refractivity contribution in [2.75, 3.05) is 7.11 Å². The van der Waals surface area contributed by atoms with E-state index in [-0.39, 0.29) is 11.2 Å². The maximum Gasteiger partial charge on any atom is 0.159 e. The molecule has 148 valence electrons. The Morgan fingerprint density at radius 1 is 1.17 bits per heavy atom. The lowest BCUT2D eigenvalue weighted by Crippen LogP contribution is -2.28. The highest BCUT2D eigenvalue weighted by Crippen LogP contribution is 2.67. The quantitative estimate of drug-likeness (QED) is 0.523. The number of thioether (sulfide) groups is 1. The van der Waals surface area contributed by atoms with Gasteiger partial charge in [0, 0.05) is 17.4 Å². The van der Waals surface area contributed by atoms with E-state index >= 15 is 0 Å². The van der Waals surface area contributed by atoms with E-state index in [9.17, 15) is 4.79 Å².